The number of ether oxygens (including phenoxy) is 1. The standard InChI is InChI=1S/C27H26N4O2/c32-17-19-2-1-3-20(13-19)21-5-7-25-23(14-21)27(30-29-25)26-15-22-12-18(4-6-24(22)28-26)16-31-8-10-33-11-9-31/h1-7,12-15,28,32H,8-11,16-17H2,(H,29,30). The first kappa shape index (κ1) is 20.2. The van der Waals surface area contributed by atoms with Gasteiger partial charge in [0, 0.05) is 35.9 Å². The van der Waals surface area contributed by atoms with Crippen molar-refractivity contribution in [3.63, 3.8) is 0 Å². The van der Waals surface area contributed by atoms with E-state index < -0.39 is 0 Å². The summed E-state index contributed by atoms with van der Waals surface area (Å²) in [4.78, 5) is 5.99. The van der Waals surface area contributed by atoms with Crippen molar-refractivity contribution in [3.8, 4) is 22.5 Å². The molecule has 1 saturated heterocycles. The first-order valence-electron chi connectivity index (χ1n) is 11.4. The van der Waals surface area contributed by atoms with Crippen LogP contribution in [-0.2, 0) is 17.9 Å². The van der Waals surface area contributed by atoms with E-state index in [2.05, 4.69) is 68.6 Å². The summed E-state index contributed by atoms with van der Waals surface area (Å²) in [6.45, 7) is 4.58. The maximum Gasteiger partial charge on any atom is 0.116 e. The van der Waals surface area contributed by atoms with Crippen molar-refractivity contribution in [2.45, 2.75) is 13.2 Å². The Hall–Kier alpha value is -3.45. The second kappa shape index (κ2) is 8.48. The van der Waals surface area contributed by atoms with Crippen molar-refractivity contribution in [1.82, 2.24) is 20.1 Å². The zero-order valence-electron chi connectivity index (χ0n) is 18.3. The third kappa shape index (κ3) is 3.93. The zero-order valence-corrected chi connectivity index (χ0v) is 18.3. The average molecular weight is 439 g/mol. The maximum atomic E-state index is 9.49. The van der Waals surface area contributed by atoms with Gasteiger partial charge in [-0.15, -0.1) is 0 Å². The molecule has 0 aliphatic carbocycles. The Kier molecular flexibility index (Phi) is 5.19. The number of hydrogen-bond acceptors (Lipinski definition) is 4. The summed E-state index contributed by atoms with van der Waals surface area (Å²) in [7, 11) is 0. The van der Waals surface area contributed by atoms with E-state index >= 15 is 0 Å². The fourth-order valence-electron chi connectivity index (χ4n) is 4.67. The predicted molar refractivity (Wildman–Crippen MR) is 131 cm³/mol. The largest absolute Gasteiger partial charge is 0.392 e. The summed E-state index contributed by atoms with van der Waals surface area (Å²) in [5, 5.41) is 19.6. The van der Waals surface area contributed by atoms with Gasteiger partial charge in [-0.1, -0.05) is 30.3 Å². The molecule has 1 aliphatic rings. The summed E-state index contributed by atoms with van der Waals surface area (Å²) < 4.78 is 5.47. The molecular formula is C27H26N4O2. The lowest BCUT2D eigenvalue weighted by atomic mass is 10.0. The van der Waals surface area contributed by atoms with E-state index in [4.69, 9.17) is 4.74 Å². The summed E-state index contributed by atoms with van der Waals surface area (Å²) >= 11 is 0. The van der Waals surface area contributed by atoms with Crippen LogP contribution in [0.5, 0.6) is 0 Å². The second-order valence-electron chi connectivity index (χ2n) is 8.68. The van der Waals surface area contributed by atoms with Gasteiger partial charge >= 0.3 is 0 Å². The van der Waals surface area contributed by atoms with Crippen LogP contribution in [0, 0.1) is 0 Å². The second-order valence-corrected chi connectivity index (χ2v) is 8.68. The number of H-pyrrole nitrogens is 2. The highest BCUT2D eigenvalue weighted by Gasteiger charge is 2.14. The number of benzene rings is 3. The topological polar surface area (TPSA) is 77.2 Å². The smallest absolute Gasteiger partial charge is 0.116 e. The maximum absolute atomic E-state index is 9.49. The number of nitrogens with zero attached hydrogens (tertiary/aromatic N) is 2. The third-order valence-corrected chi connectivity index (χ3v) is 6.46. The van der Waals surface area contributed by atoms with Gasteiger partial charge in [-0.25, -0.2) is 0 Å². The molecule has 6 heteroatoms. The Labute approximate surface area is 191 Å². The highest BCUT2D eigenvalue weighted by atomic mass is 16.5. The van der Waals surface area contributed by atoms with Crippen molar-refractivity contribution in [1.29, 1.82) is 0 Å². The van der Waals surface area contributed by atoms with E-state index in [9.17, 15) is 5.11 Å². The molecule has 0 amide bonds. The molecule has 3 heterocycles. The predicted octanol–water partition coefficient (Wildman–Crippen LogP) is 4.70. The molecule has 2 aromatic heterocycles. The Morgan fingerprint density at radius 1 is 0.879 bits per heavy atom. The van der Waals surface area contributed by atoms with Crippen LogP contribution in [0.4, 0.5) is 0 Å². The molecule has 1 aliphatic heterocycles. The molecule has 3 aromatic carbocycles. The minimum absolute atomic E-state index is 0.0373. The average Bonchev–Trinajstić information content (AvgIpc) is 3.48. The van der Waals surface area contributed by atoms with Gasteiger partial charge in [-0.05, 0) is 58.7 Å². The van der Waals surface area contributed by atoms with Gasteiger partial charge in [0.15, 0.2) is 0 Å². The SMILES string of the molecule is OCc1cccc(-c2ccc3[nH]nc(-c4cc5cc(CN6CCOCC6)ccc5[nH]4)c3c2)c1. The van der Waals surface area contributed by atoms with E-state index in [0.29, 0.717) is 0 Å². The number of aliphatic hydroxyl groups excluding tert-OH is 1. The minimum atomic E-state index is 0.0373. The Morgan fingerprint density at radius 2 is 1.73 bits per heavy atom. The Bertz CT molecular complexity index is 1430. The number of aromatic nitrogens is 3. The molecule has 6 nitrogen and oxygen atoms in total. The van der Waals surface area contributed by atoms with Crippen LogP contribution in [0.3, 0.4) is 0 Å². The molecule has 0 radical (unpaired) electrons. The fraction of sp³-hybridized carbons (Fsp3) is 0.222. The molecule has 6 rings (SSSR count). The summed E-state index contributed by atoms with van der Waals surface area (Å²) in [6, 6.07) is 23.1. The van der Waals surface area contributed by atoms with Crippen LogP contribution >= 0.6 is 0 Å². The van der Waals surface area contributed by atoms with Crippen LogP contribution in [0.15, 0.2) is 66.7 Å². The van der Waals surface area contributed by atoms with Gasteiger partial charge in [0.1, 0.15) is 5.69 Å². The van der Waals surface area contributed by atoms with Gasteiger partial charge in [-0.3, -0.25) is 10.00 Å². The molecule has 3 N–H and O–H groups in total. The third-order valence-electron chi connectivity index (χ3n) is 6.46. The van der Waals surface area contributed by atoms with Gasteiger partial charge < -0.3 is 14.8 Å². The summed E-state index contributed by atoms with van der Waals surface area (Å²) in [5.41, 5.74) is 8.43. The number of rotatable bonds is 5. The molecule has 0 unspecified atom stereocenters. The molecular weight excluding hydrogens is 412 g/mol. The zero-order chi connectivity index (χ0) is 22.2. The van der Waals surface area contributed by atoms with Crippen LogP contribution in [0.2, 0.25) is 0 Å². The fourth-order valence-corrected chi connectivity index (χ4v) is 4.67. The number of aromatic amines is 2. The number of hydrogen-bond donors (Lipinski definition) is 3. The summed E-state index contributed by atoms with van der Waals surface area (Å²) in [6.07, 6.45) is 0. The van der Waals surface area contributed by atoms with Crippen LogP contribution < -0.4 is 0 Å². The van der Waals surface area contributed by atoms with E-state index in [1.807, 2.05) is 18.2 Å². The molecule has 0 spiro atoms. The highest BCUT2D eigenvalue weighted by Crippen LogP contribution is 2.32. The molecule has 166 valence electrons. The minimum Gasteiger partial charge on any atom is -0.392 e. The van der Waals surface area contributed by atoms with Crippen molar-refractivity contribution in [2.75, 3.05) is 26.3 Å². The molecule has 0 saturated carbocycles. The van der Waals surface area contributed by atoms with Gasteiger partial charge in [0.2, 0.25) is 0 Å². The van der Waals surface area contributed by atoms with Gasteiger partial charge in [0.25, 0.3) is 0 Å². The van der Waals surface area contributed by atoms with Crippen molar-refractivity contribution in [3.05, 3.63) is 77.9 Å². The monoisotopic (exact) mass is 438 g/mol. The molecule has 5 aromatic rings. The first-order valence-corrected chi connectivity index (χ1v) is 11.4. The number of fused-ring (bicyclic) bond motifs is 2. The Balaban J connectivity index is 1.35. The van der Waals surface area contributed by atoms with Crippen molar-refractivity contribution >= 4 is 21.8 Å². The van der Waals surface area contributed by atoms with E-state index in [-0.39, 0.29) is 6.61 Å². The Morgan fingerprint density at radius 3 is 2.61 bits per heavy atom. The lowest BCUT2D eigenvalue weighted by molar-refractivity contribution is 0.0342. The van der Waals surface area contributed by atoms with Crippen LogP contribution in [-0.4, -0.2) is 51.5 Å². The van der Waals surface area contributed by atoms with Crippen molar-refractivity contribution < 1.29 is 9.84 Å². The van der Waals surface area contributed by atoms with E-state index in [1.165, 1.54) is 10.9 Å². The molecule has 1 fully saturated rings. The number of nitrogens with one attached hydrogen (secondary N) is 2. The molecule has 0 atom stereocenters. The van der Waals surface area contributed by atoms with Gasteiger partial charge in [0.05, 0.1) is 31.0 Å². The van der Waals surface area contributed by atoms with Crippen molar-refractivity contribution in [2.24, 2.45) is 0 Å². The first-order chi connectivity index (χ1) is 16.3. The summed E-state index contributed by atoms with van der Waals surface area (Å²) in [5.74, 6) is 0. The lowest BCUT2D eigenvalue weighted by Gasteiger charge is -2.26. The van der Waals surface area contributed by atoms with E-state index in [0.717, 1.165) is 77.3 Å². The quantitative estimate of drug-likeness (QED) is 0.372. The van der Waals surface area contributed by atoms with E-state index in [1.54, 1.807) is 0 Å². The van der Waals surface area contributed by atoms with Crippen LogP contribution in [0.1, 0.15) is 11.1 Å². The number of morpholine rings is 1. The normalized spacial score (nSPS) is 14.9. The highest BCUT2D eigenvalue weighted by molar-refractivity contribution is 5.97. The molecule has 0 bridgehead atoms. The van der Waals surface area contributed by atoms with Gasteiger partial charge in [-0.2, -0.15) is 5.10 Å². The number of aliphatic hydroxyl groups is 1. The van der Waals surface area contributed by atoms with Crippen LogP contribution in [0.25, 0.3) is 44.3 Å². The lowest BCUT2D eigenvalue weighted by Crippen LogP contribution is -2.35. The molecule has 33 heavy (non-hydrogen) atoms.